The van der Waals surface area contributed by atoms with Gasteiger partial charge in [-0.05, 0) is 43.6 Å². The largest absolute Gasteiger partial charge is 0.336 e. The van der Waals surface area contributed by atoms with Crippen molar-refractivity contribution in [3.63, 3.8) is 0 Å². The van der Waals surface area contributed by atoms with Gasteiger partial charge < -0.3 is 10.6 Å². The Hall–Kier alpha value is -1.39. The molecule has 1 aromatic carbocycles. The van der Waals surface area contributed by atoms with Crippen LogP contribution in [-0.2, 0) is 6.42 Å². The van der Waals surface area contributed by atoms with Gasteiger partial charge in [0.05, 0.1) is 0 Å². The van der Waals surface area contributed by atoms with Crippen molar-refractivity contribution >= 4 is 5.91 Å². The molecule has 4 nitrogen and oxygen atoms in total. The third-order valence-corrected chi connectivity index (χ3v) is 3.95. The van der Waals surface area contributed by atoms with Crippen molar-refractivity contribution in [2.75, 3.05) is 39.3 Å². The van der Waals surface area contributed by atoms with Gasteiger partial charge in [-0.3, -0.25) is 9.69 Å². The predicted octanol–water partition coefficient (Wildman–Crippen LogP) is 1.36. The van der Waals surface area contributed by atoms with Crippen LogP contribution in [0.5, 0.6) is 0 Å². The molecule has 0 bridgehead atoms. The average molecular weight is 275 g/mol. The van der Waals surface area contributed by atoms with Gasteiger partial charge in [0.15, 0.2) is 0 Å². The minimum Gasteiger partial charge on any atom is -0.336 e. The molecule has 0 unspecified atom stereocenters. The molecule has 0 aromatic heterocycles. The highest BCUT2D eigenvalue weighted by atomic mass is 16.2. The molecule has 2 N–H and O–H groups in total. The molecule has 1 fully saturated rings. The maximum absolute atomic E-state index is 12.4. The maximum Gasteiger partial charge on any atom is 0.253 e. The number of benzene rings is 1. The summed E-state index contributed by atoms with van der Waals surface area (Å²) in [4.78, 5) is 16.8. The molecule has 110 valence electrons. The first-order valence-corrected chi connectivity index (χ1v) is 7.55. The van der Waals surface area contributed by atoms with Crippen LogP contribution in [-0.4, -0.2) is 55.0 Å². The van der Waals surface area contributed by atoms with E-state index < -0.39 is 0 Å². The van der Waals surface area contributed by atoms with E-state index in [2.05, 4.69) is 11.8 Å². The zero-order valence-electron chi connectivity index (χ0n) is 12.3. The third-order valence-electron chi connectivity index (χ3n) is 3.95. The highest BCUT2D eigenvalue weighted by molar-refractivity contribution is 5.94. The van der Waals surface area contributed by atoms with Crippen LogP contribution in [0.15, 0.2) is 24.3 Å². The Labute approximate surface area is 121 Å². The van der Waals surface area contributed by atoms with Crippen LogP contribution in [0.4, 0.5) is 0 Å². The second-order valence-corrected chi connectivity index (χ2v) is 5.33. The van der Waals surface area contributed by atoms with Crippen LogP contribution in [0.25, 0.3) is 0 Å². The zero-order chi connectivity index (χ0) is 14.4. The van der Waals surface area contributed by atoms with Crippen molar-refractivity contribution in [1.82, 2.24) is 9.80 Å². The molecule has 0 saturated carbocycles. The van der Waals surface area contributed by atoms with Gasteiger partial charge in [-0.1, -0.05) is 19.1 Å². The summed E-state index contributed by atoms with van der Waals surface area (Å²) >= 11 is 0. The average Bonchev–Trinajstić information content (AvgIpc) is 2.53. The topological polar surface area (TPSA) is 49.6 Å². The van der Waals surface area contributed by atoms with Crippen molar-refractivity contribution in [2.45, 2.75) is 19.8 Å². The van der Waals surface area contributed by atoms with Crippen molar-refractivity contribution in [2.24, 2.45) is 5.73 Å². The van der Waals surface area contributed by atoms with Crippen molar-refractivity contribution in [1.29, 1.82) is 0 Å². The zero-order valence-corrected chi connectivity index (χ0v) is 12.3. The molecule has 0 aliphatic carbocycles. The van der Waals surface area contributed by atoms with Crippen LogP contribution in [0.2, 0.25) is 0 Å². The van der Waals surface area contributed by atoms with E-state index in [0.29, 0.717) is 0 Å². The van der Waals surface area contributed by atoms with E-state index in [1.807, 2.05) is 29.2 Å². The fraction of sp³-hybridized carbons (Fsp3) is 0.562. The minimum atomic E-state index is 0.158. The molecule has 1 aromatic rings. The molecule has 1 aliphatic rings. The fourth-order valence-corrected chi connectivity index (χ4v) is 2.56. The maximum atomic E-state index is 12.4. The van der Waals surface area contributed by atoms with E-state index in [4.69, 9.17) is 5.73 Å². The van der Waals surface area contributed by atoms with Gasteiger partial charge in [-0.25, -0.2) is 0 Å². The standard InChI is InChI=1S/C16H25N3O/c1-2-14-4-6-15(7-5-14)16(20)19-12-10-18(11-13-19)9-3-8-17/h4-7H,2-3,8-13,17H2,1H3. The lowest BCUT2D eigenvalue weighted by molar-refractivity contribution is 0.0636. The molecule has 0 atom stereocenters. The van der Waals surface area contributed by atoms with E-state index in [-0.39, 0.29) is 5.91 Å². The summed E-state index contributed by atoms with van der Waals surface area (Å²) in [6, 6.07) is 7.99. The number of rotatable bonds is 5. The monoisotopic (exact) mass is 275 g/mol. The number of hydrogen-bond acceptors (Lipinski definition) is 3. The van der Waals surface area contributed by atoms with E-state index in [9.17, 15) is 4.79 Å². The molecule has 1 heterocycles. The summed E-state index contributed by atoms with van der Waals surface area (Å²) in [7, 11) is 0. The fourth-order valence-electron chi connectivity index (χ4n) is 2.56. The summed E-state index contributed by atoms with van der Waals surface area (Å²) in [5, 5.41) is 0. The van der Waals surface area contributed by atoms with Crippen LogP contribution < -0.4 is 5.73 Å². The molecule has 2 rings (SSSR count). The summed E-state index contributed by atoms with van der Waals surface area (Å²) in [5.41, 5.74) is 7.60. The smallest absolute Gasteiger partial charge is 0.253 e. The Bertz CT molecular complexity index is 422. The summed E-state index contributed by atoms with van der Waals surface area (Å²) < 4.78 is 0. The number of piperazine rings is 1. The Kier molecular flexibility index (Phi) is 5.56. The van der Waals surface area contributed by atoms with Gasteiger partial charge in [0.1, 0.15) is 0 Å². The van der Waals surface area contributed by atoms with Crippen molar-refractivity contribution in [3.05, 3.63) is 35.4 Å². The van der Waals surface area contributed by atoms with Crippen LogP contribution in [0, 0.1) is 0 Å². The Morgan fingerprint density at radius 1 is 1.15 bits per heavy atom. The molecule has 1 saturated heterocycles. The van der Waals surface area contributed by atoms with Crippen molar-refractivity contribution < 1.29 is 4.79 Å². The van der Waals surface area contributed by atoms with Gasteiger partial charge >= 0.3 is 0 Å². The minimum absolute atomic E-state index is 0.158. The molecule has 4 heteroatoms. The first kappa shape index (κ1) is 15.0. The quantitative estimate of drug-likeness (QED) is 0.882. The van der Waals surface area contributed by atoms with Gasteiger partial charge in [0.25, 0.3) is 5.91 Å². The van der Waals surface area contributed by atoms with Gasteiger partial charge in [0.2, 0.25) is 0 Å². The molecule has 1 amide bonds. The predicted molar refractivity (Wildman–Crippen MR) is 81.8 cm³/mol. The highest BCUT2D eigenvalue weighted by Crippen LogP contribution is 2.11. The number of nitrogens with two attached hydrogens (primary N) is 1. The van der Waals surface area contributed by atoms with Crippen LogP contribution in [0.1, 0.15) is 29.3 Å². The SMILES string of the molecule is CCc1ccc(C(=O)N2CCN(CCCN)CC2)cc1. The summed E-state index contributed by atoms with van der Waals surface area (Å²) in [6.07, 6.45) is 2.04. The lowest BCUT2D eigenvalue weighted by Gasteiger charge is -2.34. The first-order valence-electron chi connectivity index (χ1n) is 7.55. The van der Waals surface area contributed by atoms with Gasteiger partial charge in [0, 0.05) is 31.7 Å². The van der Waals surface area contributed by atoms with Gasteiger partial charge in [-0.15, -0.1) is 0 Å². The molecule has 1 aliphatic heterocycles. The van der Waals surface area contributed by atoms with Gasteiger partial charge in [-0.2, -0.15) is 0 Å². The first-order chi connectivity index (χ1) is 9.74. The van der Waals surface area contributed by atoms with Crippen molar-refractivity contribution in [3.8, 4) is 0 Å². The molecular weight excluding hydrogens is 250 g/mol. The Morgan fingerprint density at radius 3 is 2.35 bits per heavy atom. The molecule has 0 radical (unpaired) electrons. The summed E-state index contributed by atoms with van der Waals surface area (Å²) in [6.45, 7) is 7.46. The number of amides is 1. The molecule has 0 spiro atoms. The van der Waals surface area contributed by atoms with E-state index in [0.717, 1.165) is 57.7 Å². The lowest BCUT2D eigenvalue weighted by atomic mass is 10.1. The number of nitrogens with zero attached hydrogens (tertiary/aromatic N) is 2. The van der Waals surface area contributed by atoms with Crippen LogP contribution in [0.3, 0.4) is 0 Å². The highest BCUT2D eigenvalue weighted by Gasteiger charge is 2.21. The number of carbonyl (C=O) groups excluding carboxylic acids is 1. The Balaban J connectivity index is 1.87. The van der Waals surface area contributed by atoms with E-state index >= 15 is 0 Å². The number of aryl methyl sites for hydroxylation is 1. The van der Waals surface area contributed by atoms with Crippen LogP contribution >= 0.6 is 0 Å². The number of carbonyl (C=O) groups is 1. The lowest BCUT2D eigenvalue weighted by Crippen LogP contribution is -2.49. The second kappa shape index (κ2) is 7.41. The molecule has 20 heavy (non-hydrogen) atoms. The van der Waals surface area contributed by atoms with E-state index in [1.54, 1.807) is 0 Å². The second-order valence-electron chi connectivity index (χ2n) is 5.33. The number of hydrogen-bond donors (Lipinski definition) is 1. The molecular formula is C16H25N3O. The Morgan fingerprint density at radius 2 is 1.80 bits per heavy atom. The summed E-state index contributed by atoms with van der Waals surface area (Å²) in [5.74, 6) is 0.158. The third kappa shape index (κ3) is 3.81. The van der Waals surface area contributed by atoms with E-state index in [1.165, 1.54) is 5.56 Å². The normalized spacial score (nSPS) is 16.4.